The van der Waals surface area contributed by atoms with Crippen molar-refractivity contribution in [3.8, 4) is 0 Å². The number of hydrogen-bond acceptors (Lipinski definition) is 13. The quantitative estimate of drug-likeness (QED) is 0.305. The molecule has 15 nitrogen and oxygen atoms in total. The standard InChI is InChI=1S/C21H29N5O10/c1-10(2)20(30)23-17-14(26-9-22-24-25-26)7-15(21(31)32-6)36-19(17)18(35-13(5)29)16(34-12(4)28)8-33-11(3)27/h7,9-10,14,16-19H,8H2,1-6H3,(H,23,30)/t14-,16+,17+,18+,19+/m0/s1. The summed E-state index contributed by atoms with van der Waals surface area (Å²) in [5.74, 6) is -4.32. The molecule has 0 spiro atoms. The molecular weight excluding hydrogens is 482 g/mol. The molecule has 1 aromatic rings. The molecule has 0 fully saturated rings. The first-order chi connectivity index (χ1) is 16.9. The van der Waals surface area contributed by atoms with E-state index in [1.165, 1.54) is 17.1 Å². The summed E-state index contributed by atoms with van der Waals surface area (Å²) < 4.78 is 27.7. The Morgan fingerprint density at radius 3 is 2.25 bits per heavy atom. The van der Waals surface area contributed by atoms with Crippen molar-refractivity contribution in [1.29, 1.82) is 0 Å². The molecule has 0 saturated carbocycles. The second-order valence-corrected chi connectivity index (χ2v) is 8.10. The minimum atomic E-state index is -1.46. The van der Waals surface area contributed by atoms with E-state index in [1.807, 2.05) is 0 Å². The van der Waals surface area contributed by atoms with Crippen LogP contribution in [0.4, 0.5) is 0 Å². The van der Waals surface area contributed by atoms with Crippen LogP contribution in [0.3, 0.4) is 0 Å². The molecule has 1 aromatic heterocycles. The van der Waals surface area contributed by atoms with E-state index in [9.17, 15) is 24.0 Å². The van der Waals surface area contributed by atoms with E-state index in [-0.39, 0.29) is 5.76 Å². The first-order valence-electron chi connectivity index (χ1n) is 10.9. The van der Waals surface area contributed by atoms with Gasteiger partial charge in [-0.1, -0.05) is 13.8 Å². The van der Waals surface area contributed by atoms with Crippen LogP contribution in [0.5, 0.6) is 0 Å². The van der Waals surface area contributed by atoms with Crippen molar-refractivity contribution in [2.45, 2.75) is 65.0 Å². The number of nitrogens with zero attached hydrogens (tertiary/aromatic N) is 4. The Morgan fingerprint density at radius 2 is 1.75 bits per heavy atom. The SMILES string of the molecule is COC(=O)C1=C[C@H](n2cnnn2)[C@@H](NC(=O)C(C)C)[C@H]([C@H](OC(C)=O)[C@@H](COC(C)=O)OC(C)=O)O1. The summed E-state index contributed by atoms with van der Waals surface area (Å²) in [4.78, 5) is 60.6. The van der Waals surface area contributed by atoms with Gasteiger partial charge in [0.25, 0.3) is 0 Å². The molecule has 15 heteroatoms. The van der Waals surface area contributed by atoms with Crippen molar-refractivity contribution in [3.05, 3.63) is 18.2 Å². The van der Waals surface area contributed by atoms with Crippen LogP contribution in [0.2, 0.25) is 0 Å². The van der Waals surface area contributed by atoms with Gasteiger partial charge >= 0.3 is 23.9 Å². The largest absolute Gasteiger partial charge is 0.477 e. The van der Waals surface area contributed by atoms with Crippen LogP contribution >= 0.6 is 0 Å². The van der Waals surface area contributed by atoms with E-state index in [2.05, 4.69) is 20.8 Å². The highest BCUT2D eigenvalue weighted by atomic mass is 16.6. The number of carbonyl (C=O) groups excluding carboxylic acids is 5. The third-order valence-corrected chi connectivity index (χ3v) is 4.96. The summed E-state index contributed by atoms with van der Waals surface area (Å²) in [7, 11) is 1.13. The molecule has 0 saturated heterocycles. The zero-order chi connectivity index (χ0) is 27.0. The third-order valence-electron chi connectivity index (χ3n) is 4.96. The van der Waals surface area contributed by atoms with Gasteiger partial charge in [0, 0.05) is 26.7 Å². The molecule has 1 N–H and O–H groups in total. The van der Waals surface area contributed by atoms with Crippen molar-refractivity contribution in [1.82, 2.24) is 25.5 Å². The number of ether oxygens (including phenoxy) is 5. The monoisotopic (exact) mass is 511 g/mol. The van der Waals surface area contributed by atoms with E-state index in [0.717, 1.165) is 27.9 Å². The first kappa shape index (κ1) is 28.2. The molecule has 36 heavy (non-hydrogen) atoms. The van der Waals surface area contributed by atoms with Gasteiger partial charge in [-0.05, 0) is 16.5 Å². The maximum absolute atomic E-state index is 12.7. The topological polar surface area (TPSA) is 187 Å². The molecule has 0 radical (unpaired) electrons. The highest BCUT2D eigenvalue weighted by Gasteiger charge is 2.49. The summed E-state index contributed by atoms with van der Waals surface area (Å²) in [6.07, 6.45) is -1.61. The predicted octanol–water partition coefficient (Wildman–Crippen LogP) is -0.763. The zero-order valence-corrected chi connectivity index (χ0v) is 20.7. The number of hydrogen-bond donors (Lipinski definition) is 1. The molecule has 1 amide bonds. The van der Waals surface area contributed by atoms with E-state index >= 15 is 0 Å². The molecule has 198 valence electrons. The Balaban J connectivity index is 2.66. The van der Waals surface area contributed by atoms with Gasteiger partial charge in [-0.15, -0.1) is 5.10 Å². The van der Waals surface area contributed by atoms with Crippen LogP contribution < -0.4 is 5.32 Å². The number of rotatable bonds is 10. The van der Waals surface area contributed by atoms with Crippen LogP contribution in [0, 0.1) is 5.92 Å². The van der Waals surface area contributed by atoms with E-state index in [4.69, 9.17) is 23.7 Å². The fraction of sp³-hybridized carbons (Fsp3) is 0.619. The van der Waals surface area contributed by atoms with Crippen molar-refractivity contribution >= 4 is 29.8 Å². The lowest BCUT2D eigenvalue weighted by atomic mass is 9.91. The van der Waals surface area contributed by atoms with Gasteiger partial charge in [0.05, 0.1) is 13.2 Å². The number of carbonyl (C=O) groups is 5. The average Bonchev–Trinajstić information content (AvgIpc) is 3.34. The second-order valence-electron chi connectivity index (χ2n) is 8.10. The average molecular weight is 511 g/mol. The molecule has 2 heterocycles. The molecule has 0 aliphatic carbocycles. The Bertz CT molecular complexity index is 993. The summed E-state index contributed by atoms with van der Waals surface area (Å²) in [6, 6.07) is -1.99. The Morgan fingerprint density at radius 1 is 1.08 bits per heavy atom. The minimum Gasteiger partial charge on any atom is -0.477 e. The fourth-order valence-corrected chi connectivity index (χ4v) is 3.40. The minimum absolute atomic E-state index is 0.302. The molecule has 1 aliphatic rings. The van der Waals surface area contributed by atoms with E-state index in [0.29, 0.717) is 0 Å². The van der Waals surface area contributed by atoms with Crippen molar-refractivity contribution in [2.24, 2.45) is 5.92 Å². The van der Waals surface area contributed by atoms with Gasteiger partial charge in [0.1, 0.15) is 19.0 Å². The van der Waals surface area contributed by atoms with Crippen LogP contribution in [-0.2, 0) is 47.7 Å². The molecule has 2 rings (SSSR count). The molecule has 0 bridgehead atoms. The molecule has 0 aromatic carbocycles. The van der Waals surface area contributed by atoms with E-state index in [1.54, 1.807) is 13.8 Å². The summed E-state index contributed by atoms with van der Waals surface area (Å²) >= 11 is 0. The lowest BCUT2D eigenvalue weighted by molar-refractivity contribution is -0.188. The highest BCUT2D eigenvalue weighted by molar-refractivity contribution is 5.86. The Hall–Kier alpha value is -4.04. The number of amides is 1. The van der Waals surface area contributed by atoms with Gasteiger partial charge in [0.2, 0.25) is 11.7 Å². The number of nitrogens with one attached hydrogen (secondary N) is 1. The Kier molecular flexibility index (Phi) is 9.87. The van der Waals surface area contributed by atoms with Gasteiger partial charge in [-0.25, -0.2) is 9.48 Å². The van der Waals surface area contributed by atoms with Crippen molar-refractivity contribution in [3.63, 3.8) is 0 Å². The van der Waals surface area contributed by atoms with Gasteiger partial charge < -0.3 is 29.0 Å². The van der Waals surface area contributed by atoms with Gasteiger partial charge in [0.15, 0.2) is 18.3 Å². The van der Waals surface area contributed by atoms with Crippen LogP contribution in [0.15, 0.2) is 18.2 Å². The number of methoxy groups -OCH3 is 1. The third kappa shape index (κ3) is 7.48. The summed E-state index contributed by atoms with van der Waals surface area (Å²) in [6.45, 7) is 6.15. The normalized spacial score (nSPS) is 20.8. The highest BCUT2D eigenvalue weighted by Crippen LogP contribution is 2.32. The number of aromatic nitrogens is 4. The van der Waals surface area contributed by atoms with Gasteiger partial charge in [-0.3, -0.25) is 19.2 Å². The first-order valence-corrected chi connectivity index (χ1v) is 10.9. The summed E-state index contributed by atoms with van der Waals surface area (Å²) in [5, 5.41) is 13.9. The number of tetrazole rings is 1. The maximum Gasteiger partial charge on any atom is 0.373 e. The molecule has 0 unspecified atom stereocenters. The van der Waals surface area contributed by atoms with Crippen LogP contribution in [0.1, 0.15) is 40.7 Å². The van der Waals surface area contributed by atoms with Crippen molar-refractivity contribution < 1.29 is 47.7 Å². The number of esters is 4. The maximum atomic E-state index is 12.7. The molecule has 1 aliphatic heterocycles. The second kappa shape index (κ2) is 12.6. The zero-order valence-electron chi connectivity index (χ0n) is 20.7. The van der Waals surface area contributed by atoms with Crippen LogP contribution in [0.25, 0.3) is 0 Å². The molecule has 5 atom stereocenters. The summed E-state index contributed by atoms with van der Waals surface area (Å²) in [5.41, 5.74) is 0. The van der Waals surface area contributed by atoms with E-state index < -0.39 is 72.7 Å². The smallest absolute Gasteiger partial charge is 0.373 e. The van der Waals surface area contributed by atoms with Crippen molar-refractivity contribution in [2.75, 3.05) is 13.7 Å². The lowest BCUT2D eigenvalue weighted by Gasteiger charge is -2.41. The van der Waals surface area contributed by atoms with Gasteiger partial charge in [-0.2, -0.15) is 0 Å². The lowest BCUT2D eigenvalue weighted by Crippen LogP contribution is -2.60. The Labute approximate surface area is 206 Å². The molecular formula is C21H29N5O10. The van der Waals surface area contributed by atoms with Crippen LogP contribution in [-0.4, -0.2) is 88.1 Å². The fourth-order valence-electron chi connectivity index (χ4n) is 3.40. The predicted molar refractivity (Wildman–Crippen MR) is 116 cm³/mol.